The topological polar surface area (TPSA) is 302 Å². The Morgan fingerprint density at radius 3 is 1.30 bits per heavy atom. The van der Waals surface area contributed by atoms with Crippen molar-refractivity contribution in [3.63, 3.8) is 0 Å². The summed E-state index contributed by atoms with van der Waals surface area (Å²) < 4.78 is 0. The smallest absolute Gasteiger partial charge is 0.243 e. The molecule has 0 saturated carbocycles. The molecular formula is C31H56N10O9. The molecule has 0 unspecified atom stereocenters. The number of carbonyl (C=O) groups excluding carboxylic acids is 9. The molecule has 0 aromatic carbocycles. The molecule has 9 amide bonds. The highest BCUT2D eigenvalue weighted by molar-refractivity contribution is 5.95. The average molecular weight is 713 g/mol. The summed E-state index contributed by atoms with van der Waals surface area (Å²) in [4.78, 5) is 110. The van der Waals surface area contributed by atoms with Gasteiger partial charge in [0.15, 0.2) is 0 Å². The predicted molar refractivity (Wildman–Crippen MR) is 182 cm³/mol. The highest BCUT2D eigenvalue weighted by Gasteiger charge is 2.29. The Morgan fingerprint density at radius 1 is 0.480 bits per heavy atom. The third-order valence-corrected chi connectivity index (χ3v) is 6.95. The second kappa shape index (κ2) is 22.8. The van der Waals surface area contributed by atoms with Crippen molar-refractivity contribution in [1.29, 1.82) is 0 Å². The molecule has 5 atom stereocenters. The van der Waals surface area contributed by atoms with Crippen LogP contribution < -0.4 is 54.0 Å². The number of carbonyl (C=O) groups is 9. The minimum absolute atomic E-state index is 0.0760. The van der Waals surface area contributed by atoms with E-state index in [9.17, 15) is 43.2 Å². The first kappa shape index (κ1) is 45.2. The fourth-order valence-electron chi connectivity index (χ4n) is 4.25. The molecular weight excluding hydrogens is 656 g/mol. The average Bonchev–Trinajstić information content (AvgIpc) is 3.01. The molecule has 0 aliphatic carbocycles. The molecule has 19 heteroatoms. The summed E-state index contributed by atoms with van der Waals surface area (Å²) in [6.45, 7) is 11.7. The molecule has 0 rings (SSSR count). The molecule has 0 aliphatic heterocycles. The van der Waals surface area contributed by atoms with E-state index < -0.39 is 110 Å². The lowest BCUT2D eigenvalue weighted by atomic mass is 10.00. The van der Waals surface area contributed by atoms with Gasteiger partial charge in [0.05, 0.1) is 32.2 Å². The zero-order valence-electron chi connectivity index (χ0n) is 30.2. The van der Waals surface area contributed by atoms with Crippen molar-refractivity contribution in [2.24, 2.45) is 29.2 Å². The van der Waals surface area contributed by atoms with Crippen LogP contribution >= 0.6 is 0 Å². The van der Waals surface area contributed by atoms with Crippen molar-refractivity contribution >= 4 is 53.2 Å². The van der Waals surface area contributed by atoms with Gasteiger partial charge in [-0.3, -0.25) is 43.2 Å². The van der Waals surface area contributed by atoms with E-state index >= 15 is 0 Å². The lowest BCUT2D eigenvalue weighted by Gasteiger charge is -2.25. The van der Waals surface area contributed by atoms with Crippen LogP contribution in [0.4, 0.5) is 0 Å². The van der Waals surface area contributed by atoms with Gasteiger partial charge in [0, 0.05) is 0 Å². The lowest BCUT2D eigenvalue weighted by molar-refractivity contribution is -0.133. The second-order valence-corrected chi connectivity index (χ2v) is 13.1. The van der Waals surface area contributed by atoms with E-state index in [2.05, 4.69) is 42.5 Å². The second-order valence-electron chi connectivity index (χ2n) is 13.1. The normalized spacial score (nSPS) is 13.9. The van der Waals surface area contributed by atoms with Crippen molar-refractivity contribution < 1.29 is 43.2 Å². The molecule has 0 radical (unpaired) electrons. The zero-order valence-corrected chi connectivity index (χ0v) is 30.2. The van der Waals surface area contributed by atoms with Gasteiger partial charge in [-0.2, -0.15) is 0 Å². The van der Waals surface area contributed by atoms with Gasteiger partial charge in [-0.1, -0.05) is 41.5 Å². The number of amides is 9. The molecule has 0 aromatic rings. The molecule has 0 aliphatic rings. The van der Waals surface area contributed by atoms with Crippen LogP contribution in [-0.4, -0.2) is 110 Å². The Hall–Kier alpha value is -4.81. The molecule has 50 heavy (non-hydrogen) atoms. The fraction of sp³-hybridized carbons (Fsp3) is 0.710. The molecule has 0 bridgehead atoms. The number of rotatable bonds is 22. The Morgan fingerprint density at radius 2 is 0.880 bits per heavy atom. The summed E-state index contributed by atoms with van der Waals surface area (Å²) in [5.41, 5.74) is 11.1. The maximum absolute atomic E-state index is 12.8. The molecule has 12 N–H and O–H groups in total. The van der Waals surface area contributed by atoms with Gasteiger partial charge in [-0.25, -0.2) is 0 Å². The standard InChI is InChI=1S/C31H56N10O9/c1-15(2)9-20(32)30(49)37-13-24(44)39-18(7)28(47)35-11-22(42)34-12-23(43)38-19(8)29(48)36-14-25(45)41-26(17(5)6)31(50)40-21(27(33)46)10-16(3)4/h15-21,26H,9-14,32H2,1-8H3,(H2,33,46)(H,34,42)(H,35,47)(H,36,48)(H,37,49)(H,38,43)(H,39,44)(H,40,50)(H,41,45)/t18-,19-,20-,21-,26-/m0/s1. The number of hydrogen-bond donors (Lipinski definition) is 10. The van der Waals surface area contributed by atoms with E-state index in [1.807, 2.05) is 27.7 Å². The summed E-state index contributed by atoms with van der Waals surface area (Å²) >= 11 is 0. The van der Waals surface area contributed by atoms with E-state index in [0.29, 0.717) is 12.8 Å². The highest BCUT2D eigenvalue weighted by Crippen LogP contribution is 2.07. The Labute approximate surface area is 292 Å². The third-order valence-electron chi connectivity index (χ3n) is 6.95. The van der Waals surface area contributed by atoms with Crippen molar-refractivity contribution in [3.05, 3.63) is 0 Å². The molecule has 284 valence electrons. The first-order valence-corrected chi connectivity index (χ1v) is 16.5. The number of nitrogens with two attached hydrogens (primary N) is 2. The van der Waals surface area contributed by atoms with E-state index in [4.69, 9.17) is 11.5 Å². The first-order valence-electron chi connectivity index (χ1n) is 16.5. The Bertz CT molecular complexity index is 1230. The molecule has 0 fully saturated rings. The number of primary amides is 1. The van der Waals surface area contributed by atoms with Gasteiger partial charge in [0.25, 0.3) is 0 Å². The van der Waals surface area contributed by atoms with Crippen LogP contribution in [0.25, 0.3) is 0 Å². The maximum atomic E-state index is 12.8. The van der Waals surface area contributed by atoms with Crippen molar-refractivity contribution in [1.82, 2.24) is 42.5 Å². The summed E-state index contributed by atoms with van der Waals surface area (Å²) in [5.74, 6) is -6.13. The largest absolute Gasteiger partial charge is 0.368 e. The lowest BCUT2D eigenvalue weighted by Crippen LogP contribution is -2.56. The minimum Gasteiger partial charge on any atom is -0.368 e. The number of nitrogens with one attached hydrogen (secondary N) is 8. The quantitative estimate of drug-likeness (QED) is 0.0519. The van der Waals surface area contributed by atoms with E-state index in [0.717, 1.165) is 0 Å². The van der Waals surface area contributed by atoms with Crippen molar-refractivity contribution in [2.75, 3.05) is 26.2 Å². The van der Waals surface area contributed by atoms with Gasteiger partial charge < -0.3 is 54.0 Å². The van der Waals surface area contributed by atoms with E-state index in [1.54, 1.807) is 13.8 Å². The van der Waals surface area contributed by atoms with Crippen LogP contribution in [0.1, 0.15) is 68.2 Å². The molecule has 0 spiro atoms. The zero-order chi connectivity index (χ0) is 38.7. The van der Waals surface area contributed by atoms with E-state index in [1.165, 1.54) is 13.8 Å². The summed E-state index contributed by atoms with van der Waals surface area (Å²) in [5, 5.41) is 19.1. The van der Waals surface area contributed by atoms with Crippen molar-refractivity contribution in [3.8, 4) is 0 Å². The van der Waals surface area contributed by atoms with Crippen LogP contribution in [0.3, 0.4) is 0 Å². The van der Waals surface area contributed by atoms with Gasteiger partial charge >= 0.3 is 0 Å². The van der Waals surface area contributed by atoms with Gasteiger partial charge in [-0.15, -0.1) is 0 Å². The Kier molecular flexibility index (Phi) is 20.6. The SMILES string of the molecule is CC(C)C[C@H](NC(=O)[C@@H](NC(=O)CNC(=O)[C@H](C)NC(=O)CNC(=O)CNC(=O)[C@H](C)NC(=O)CNC(=O)[C@@H](N)CC(C)C)C(C)C)C(N)=O. The van der Waals surface area contributed by atoms with Crippen LogP contribution in [0.15, 0.2) is 0 Å². The third kappa shape index (κ3) is 19.3. The van der Waals surface area contributed by atoms with Gasteiger partial charge in [0.1, 0.15) is 24.2 Å². The van der Waals surface area contributed by atoms with Gasteiger partial charge in [0.2, 0.25) is 53.2 Å². The first-order chi connectivity index (χ1) is 23.1. The summed E-state index contributed by atoms with van der Waals surface area (Å²) in [6.07, 6.45) is 0.759. The van der Waals surface area contributed by atoms with Crippen LogP contribution in [0.2, 0.25) is 0 Å². The van der Waals surface area contributed by atoms with E-state index in [-0.39, 0.29) is 17.8 Å². The number of hydrogen-bond acceptors (Lipinski definition) is 10. The molecule has 19 nitrogen and oxygen atoms in total. The molecule has 0 saturated heterocycles. The highest BCUT2D eigenvalue weighted by atomic mass is 16.2. The Balaban J connectivity index is 4.58. The monoisotopic (exact) mass is 712 g/mol. The molecule has 0 heterocycles. The maximum Gasteiger partial charge on any atom is 0.243 e. The predicted octanol–water partition coefficient (Wildman–Crippen LogP) is -4.01. The molecule has 0 aromatic heterocycles. The minimum atomic E-state index is -1.11. The van der Waals surface area contributed by atoms with Crippen LogP contribution in [0, 0.1) is 17.8 Å². The van der Waals surface area contributed by atoms with Crippen LogP contribution in [-0.2, 0) is 43.2 Å². The summed E-state index contributed by atoms with van der Waals surface area (Å²) in [7, 11) is 0. The van der Waals surface area contributed by atoms with Crippen LogP contribution in [0.5, 0.6) is 0 Å². The fourth-order valence-corrected chi connectivity index (χ4v) is 4.25. The van der Waals surface area contributed by atoms with Gasteiger partial charge in [-0.05, 0) is 44.4 Å². The summed E-state index contributed by atoms with van der Waals surface area (Å²) in [6, 6.07) is -4.85. The van der Waals surface area contributed by atoms with Crippen molar-refractivity contribution in [2.45, 2.75) is 98.4 Å².